The highest BCUT2D eigenvalue weighted by atomic mass is 79.9. The van der Waals surface area contributed by atoms with E-state index in [-0.39, 0.29) is 5.76 Å². The van der Waals surface area contributed by atoms with Gasteiger partial charge in [-0.25, -0.2) is 0 Å². The van der Waals surface area contributed by atoms with Crippen LogP contribution in [0.4, 0.5) is 5.69 Å². The smallest absolute Gasteiger partial charge is 0.305 e. The van der Waals surface area contributed by atoms with E-state index < -0.39 is 5.91 Å². The number of amides is 1. The summed E-state index contributed by atoms with van der Waals surface area (Å²) in [6, 6.07) is 8.05. The maximum Gasteiger partial charge on any atom is 0.305 e. The summed E-state index contributed by atoms with van der Waals surface area (Å²) in [6.45, 7) is 0. The van der Waals surface area contributed by atoms with Gasteiger partial charge in [-0.05, 0) is 46.3 Å². The van der Waals surface area contributed by atoms with Crippen LogP contribution in [0.15, 0.2) is 39.4 Å². The van der Waals surface area contributed by atoms with Crippen molar-refractivity contribution in [2.45, 2.75) is 0 Å². The van der Waals surface area contributed by atoms with E-state index in [0.717, 1.165) is 0 Å². The van der Waals surface area contributed by atoms with Gasteiger partial charge >= 0.3 is 5.91 Å². The number of hydrazine groups is 1. The van der Waals surface area contributed by atoms with E-state index in [1.807, 2.05) is 0 Å². The molecule has 0 saturated heterocycles. The Balaban J connectivity index is 2.03. The zero-order valence-corrected chi connectivity index (χ0v) is 11.9. The molecule has 7 heteroatoms. The Morgan fingerprint density at radius 1 is 1.22 bits per heavy atom. The molecule has 0 spiro atoms. The van der Waals surface area contributed by atoms with Gasteiger partial charge in [0, 0.05) is 5.02 Å². The highest BCUT2D eigenvalue weighted by Gasteiger charge is 2.10. The normalized spacial score (nSPS) is 10.2. The molecule has 1 amide bonds. The summed E-state index contributed by atoms with van der Waals surface area (Å²) < 4.78 is 5.57. The van der Waals surface area contributed by atoms with Gasteiger partial charge < -0.3 is 4.42 Å². The van der Waals surface area contributed by atoms with E-state index in [1.165, 1.54) is 0 Å². The third-order valence-corrected chi connectivity index (χ3v) is 3.03. The highest BCUT2D eigenvalue weighted by Crippen LogP contribution is 2.24. The molecule has 0 aliphatic heterocycles. The fourth-order valence-corrected chi connectivity index (χ4v) is 1.86. The van der Waals surface area contributed by atoms with Gasteiger partial charge in [-0.3, -0.25) is 15.6 Å². The lowest BCUT2D eigenvalue weighted by Crippen LogP contribution is -2.29. The lowest BCUT2D eigenvalue weighted by atomic mass is 10.3. The average molecular weight is 350 g/mol. The van der Waals surface area contributed by atoms with Gasteiger partial charge in [-0.1, -0.05) is 23.2 Å². The number of furan rings is 1. The Hall–Kier alpha value is -1.17. The zero-order valence-electron chi connectivity index (χ0n) is 8.84. The number of carbonyl (C=O) groups excluding carboxylic acids is 1. The van der Waals surface area contributed by atoms with Gasteiger partial charge in [0.05, 0.1) is 10.7 Å². The monoisotopic (exact) mass is 348 g/mol. The predicted molar refractivity (Wildman–Crippen MR) is 74.0 cm³/mol. The second-order valence-corrected chi connectivity index (χ2v) is 4.93. The van der Waals surface area contributed by atoms with E-state index >= 15 is 0 Å². The Morgan fingerprint density at radius 2 is 2.00 bits per heavy atom. The van der Waals surface area contributed by atoms with Crippen LogP contribution in [-0.4, -0.2) is 5.91 Å². The van der Waals surface area contributed by atoms with E-state index in [9.17, 15) is 4.79 Å². The Bertz CT molecular complexity index is 586. The van der Waals surface area contributed by atoms with Crippen molar-refractivity contribution in [3.05, 3.63) is 50.8 Å². The largest absolute Gasteiger partial charge is 0.444 e. The number of hydrogen-bond donors (Lipinski definition) is 2. The Kier molecular flexibility index (Phi) is 4.16. The molecular formula is C11H7BrCl2N2O2. The molecule has 2 N–H and O–H groups in total. The van der Waals surface area contributed by atoms with Crippen LogP contribution in [0.25, 0.3) is 0 Å². The first-order valence-corrected chi connectivity index (χ1v) is 6.38. The van der Waals surface area contributed by atoms with Gasteiger partial charge in [-0.2, -0.15) is 0 Å². The molecule has 0 unspecified atom stereocenters. The van der Waals surface area contributed by atoms with Crippen LogP contribution in [0, 0.1) is 0 Å². The first kappa shape index (κ1) is 13.3. The molecule has 4 nitrogen and oxygen atoms in total. The molecule has 0 atom stereocenters. The van der Waals surface area contributed by atoms with Crippen LogP contribution in [0.1, 0.15) is 10.6 Å². The summed E-state index contributed by atoms with van der Waals surface area (Å²) in [4.78, 5) is 11.7. The SMILES string of the molecule is O=C(NNc1cc(Cl)ccc1Cl)c1ccc(Br)o1. The van der Waals surface area contributed by atoms with Crippen LogP contribution in [0.5, 0.6) is 0 Å². The topological polar surface area (TPSA) is 54.3 Å². The molecule has 2 rings (SSSR count). The minimum absolute atomic E-state index is 0.174. The van der Waals surface area contributed by atoms with Crippen LogP contribution in [0.2, 0.25) is 10.0 Å². The van der Waals surface area contributed by atoms with E-state index in [2.05, 4.69) is 26.8 Å². The van der Waals surface area contributed by atoms with Crippen molar-refractivity contribution >= 4 is 50.7 Å². The molecule has 0 fully saturated rings. The summed E-state index contributed by atoms with van der Waals surface area (Å²) in [7, 11) is 0. The summed E-state index contributed by atoms with van der Waals surface area (Å²) in [5.41, 5.74) is 5.62. The highest BCUT2D eigenvalue weighted by molar-refractivity contribution is 9.10. The molecule has 0 saturated carbocycles. The number of hydrogen-bond acceptors (Lipinski definition) is 3. The van der Waals surface area contributed by atoms with Crippen LogP contribution in [-0.2, 0) is 0 Å². The zero-order chi connectivity index (χ0) is 13.1. The molecule has 0 aliphatic carbocycles. The predicted octanol–water partition coefficient (Wildman–Crippen LogP) is 4.11. The number of rotatable bonds is 3. The van der Waals surface area contributed by atoms with Gasteiger partial charge in [0.25, 0.3) is 0 Å². The van der Waals surface area contributed by atoms with Crippen molar-refractivity contribution in [3.8, 4) is 0 Å². The van der Waals surface area contributed by atoms with Gasteiger partial charge in [0.1, 0.15) is 0 Å². The first-order valence-electron chi connectivity index (χ1n) is 4.83. The molecule has 0 aliphatic rings. The number of benzene rings is 1. The third kappa shape index (κ3) is 3.19. The molecule has 1 aromatic carbocycles. The minimum atomic E-state index is -0.420. The first-order chi connectivity index (χ1) is 8.56. The number of nitrogens with one attached hydrogen (secondary N) is 2. The van der Waals surface area contributed by atoms with Crippen LogP contribution in [0.3, 0.4) is 0 Å². The van der Waals surface area contributed by atoms with Gasteiger partial charge in [0.15, 0.2) is 10.4 Å². The standard InChI is InChI=1S/C11H7BrCl2N2O2/c12-10-4-3-9(18-10)11(17)16-15-8-5-6(13)1-2-7(8)14/h1-5,15H,(H,16,17). The molecule has 18 heavy (non-hydrogen) atoms. The maximum atomic E-state index is 11.7. The second-order valence-electron chi connectivity index (χ2n) is 3.31. The molecule has 2 aromatic rings. The molecule has 1 aromatic heterocycles. The molecule has 0 radical (unpaired) electrons. The Morgan fingerprint density at radius 3 is 2.67 bits per heavy atom. The van der Waals surface area contributed by atoms with E-state index in [4.69, 9.17) is 27.6 Å². The van der Waals surface area contributed by atoms with Crippen molar-refractivity contribution in [2.75, 3.05) is 5.43 Å². The van der Waals surface area contributed by atoms with E-state index in [0.29, 0.717) is 20.4 Å². The summed E-state index contributed by atoms with van der Waals surface area (Å²) >= 11 is 14.9. The molecule has 94 valence electrons. The van der Waals surface area contributed by atoms with Crippen molar-refractivity contribution in [2.24, 2.45) is 0 Å². The number of carbonyl (C=O) groups is 1. The van der Waals surface area contributed by atoms with Crippen molar-refractivity contribution in [1.29, 1.82) is 0 Å². The molecule has 1 heterocycles. The average Bonchev–Trinajstić information content (AvgIpc) is 2.77. The van der Waals surface area contributed by atoms with Gasteiger partial charge in [-0.15, -0.1) is 0 Å². The third-order valence-electron chi connectivity index (χ3n) is 2.04. The van der Waals surface area contributed by atoms with Crippen molar-refractivity contribution in [1.82, 2.24) is 5.43 Å². The maximum absolute atomic E-state index is 11.7. The summed E-state index contributed by atoms with van der Waals surface area (Å²) in [5.74, 6) is -0.246. The Labute approximate surface area is 121 Å². The second kappa shape index (κ2) is 5.65. The fourth-order valence-electron chi connectivity index (χ4n) is 1.22. The number of halogens is 3. The summed E-state index contributed by atoms with van der Waals surface area (Å²) in [5, 5.41) is 0.956. The quantitative estimate of drug-likeness (QED) is 0.820. The molecular weight excluding hydrogens is 343 g/mol. The van der Waals surface area contributed by atoms with Crippen molar-refractivity contribution < 1.29 is 9.21 Å². The van der Waals surface area contributed by atoms with Gasteiger partial charge in [0.2, 0.25) is 0 Å². The van der Waals surface area contributed by atoms with Crippen molar-refractivity contribution in [3.63, 3.8) is 0 Å². The summed E-state index contributed by atoms with van der Waals surface area (Å²) in [6.07, 6.45) is 0. The lowest BCUT2D eigenvalue weighted by molar-refractivity contribution is 0.0934. The number of anilines is 1. The minimum Gasteiger partial charge on any atom is -0.444 e. The van der Waals surface area contributed by atoms with E-state index in [1.54, 1.807) is 30.3 Å². The lowest BCUT2D eigenvalue weighted by Gasteiger charge is -2.09. The fraction of sp³-hybridized carbons (Fsp3) is 0. The van der Waals surface area contributed by atoms with Crippen LogP contribution >= 0.6 is 39.1 Å². The molecule has 0 bridgehead atoms. The van der Waals surface area contributed by atoms with Crippen LogP contribution < -0.4 is 10.9 Å².